The molecule has 51 heavy (non-hydrogen) atoms. The number of carbonyl (C=O) groups is 3. The standard InChI is InChI=1S/C45H86O6/c1-5-7-9-11-12-13-14-15-16-17-18-19-20-21-26-30-34-38-45(48)51-42(39-49-43(46)36-32-27-10-8-6-2)40-50-44(47)37-33-29-25-23-22-24-28-31-35-41(3)4/h41-42H,5-40H2,1-4H3/t42-/m1/s1. The van der Waals surface area contributed by atoms with Crippen LogP contribution in [0.15, 0.2) is 0 Å². The molecule has 0 amide bonds. The van der Waals surface area contributed by atoms with E-state index in [1.54, 1.807) is 0 Å². The fraction of sp³-hybridized carbons (Fsp3) is 0.933. The van der Waals surface area contributed by atoms with Crippen LogP contribution < -0.4 is 0 Å². The number of carbonyl (C=O) groups excluding carboxylic acids is 3. The first-order valence-corrected chi connectivity index (χ1v) is 22.4. The van der Waals surface area contributed by atoms with Gasteiger partial charge in [0.05, 0.1) is 0 Å². The first kappa shape index (κ1) is 49.4. The lowest BCUT2D eigenvalue weighted by Gasteiger charge is -2.18. The maximum Gasteiger partial charge on any atom is 0.306 e. The molecule has 1 atom stereocenters. The van der Waals surface area contributed by atoms with Gasteiger partial charge < -0.3 is 14.2 Å². The van der Waals surface area contributed by atoms with Crippen LogP contribution >= 0.6 is 0 Å². The molecular formula is C45H86O6. The molecule has 0 aromatic heterocycles. The summed E-state index contributed by atoms with van der Waals surface area (Å²) in [4.78, 5) is 37.4. The monoisotopic (exact) mass is 723 g/mol. The highest BCUT2D eigenvalue weighted by Crippen LogP contribution is 2.16. The van der Waals surface area contributed by atoms with Crippen LogP contribution in [0, 0.1) is 5.92 Å². The van der Waals surface area contributed by atoms with E-state index >= 15 is 0 Å². The van der Waals surface area contributed by atoms with Gasteiger partial charge in [0, 0.05) is 19.3 Å². The van der Waals surface area contributed by atoms with Crippen LogP contribution in [0.25, 0.3) is 0 Å². The van der Waals surface area contributed by atoms with Crippen molar-refractivity contribution in [1.29, 1.82) is 0 Å². The highest BCUT2D eigenvalue weighted by atomic mass is 16.6. The van der Waals surface area contributed by atoms with Crippen LogP contribution in [0.4, 0.5) is 0 Å². The van der Waals surface area contributed by atoms with E-state index in [1.807, 2.05) is 0 Å². The van der Waals surface area contributed by atoms with Crippen LogP contribution in [0.5, 0.6) is 0 Å². The predicted molar refractivity (Wildman–Crippen MR) is 215 cm³/mol. The Kier molecular flexibility index (Phi) is 38.4. The van der Waals surface area contributed by atoms with Gasteiger partial charge in [-0.1, -0.05) is 207 Å². The molecule has 0 unspecified atom stereocenters. The lowest BCUT2D eigenvalue weighted by Crippen LogP contribution is -2.30. The number of esters is 3. The maximum atomic E-state index is 12.7. The molecule has 0 aliphatic carbocycles. The molecule has 0 N–H and O–H groups in total. The average molecular weight is 723 g/mol. The van der Waals surface area contributed by atoms with E-state index in [-0.39, 0.29) is 31.1 Å². The Morgan fingerprint density at radius 2 is 0.647 bits per heavy atom. The normalized spacial score (nSPS) is 11.9. The molecular weight excluding hydrogens is 636 g/mol. The van der Waals surface area contributed by atoms with Gasteiger partial charge in [0.1, 0.15) is 13.2 Å². The molecule has 0 rings (SSSR count). The van der Waals surface area contributed by atoms with Crippen LogP contribution in [0.3, 0.4) is 0 Å². The van der Waals surface area contributed by atoms with E-state index in [4.69, 9.17) is 14.2 Å². The highest BCUT2D eigenvalue weighted by molar-refractivity contribution is 5.71. The summed E-state index contributed by atoms with van der Waals surface area (Å²) in [6.45, 7) is 8.88. The minimum atomic E-state index is -0.757. The van der Waals surface area contributed by atoms with Gasteiger partial charge in [-0.15, -0.1) is 0 Å². The van der Waals surface area contributed by atoms with Crippen LogP contribution in [-0.4, -0.2) is 37.2 Å². The first-order valence-electron chi connectivity index (χ1n) is 22.4. The fourth-order valence-electron chi connectivity index (χ4n) is 6.63. The van der Waals surface area contributed by atoms with Gasteiger partial charge in [0.25, 0.3) is 0 Å². The smallest absolute Gasteiger partial charge is 0.306 e. The van der Waals surface area contributed by atoms with Crippen molar-refractivity contribution in [1.82, 2.24) is 0 Å². The molecule has 6 heteroatoms. The van der Waals surface area contributed by atoms with Crippen molar-refractivity contribution in [2.75, 3.05) is 13.2 Å². The largest absolute Gasteiger partial charge is 0.462 e. The lowest BCUT2D eigenvalue weighted by molar-refractivity contribution is -0.167. The van der Waals surface area contributed by atoms with Crippen molar-refractivity contribution in [3.05, 3.63) is 0 Å². The molecule has 0 radical (unpaired) electrons. The number of ether oxygens (including phenoxy) is 3. The quantitative estimate of drug-likeness (QED) is 0.0356. The van der Waals surface area contributed by atoms with Gasteiger partial charge in [-0.25, -0.2) is 0 Å². The Hall–Kier alpha value is -1.59. The summed E-state index contributed by atoms with van der Waals surface area (Å²) in [7, 11) is 0. The molecule has 0 aromatic rings. The van der Waals surface area contributed by atoms with Gasteiger partial charge >= 0.3 is 17.9 Å². The third kappa shape index (κ3) is 39.5. The Balaban J connectivity index is 4.16. The second-order valence-corrected chi connectivity index (χ2v) is 15.8. The summed E-state index contributed by atoms with van der Waals surface area (Å²) in [6, 6.07) is 0. The predicted octanol–water partition coefficient (Wildman–Crippen LogP) is 13.9. The zero-order chi connectivity index (χ0) is 37.5. The molecule has 0 bridgehead atoms. The van der Waals surface area contributed by atoms with Crippen molar-refractivity contribution in [3.63, 3.8) is 0 Å². The summed E-state index contributed by atoms with van der Waals surface area (Å²) >= 11 is 0. The molecule has 0 aliphatic heterocycles. The number of hydrogen-bond donors (Lipinski definition) is 0. The second kappa shape index (κ2) is 39.6. The van der Waals surface area contributed by atoms with Crippen LogP contribution in [0.1, 0.15) is 246 Å². The molecule has 0 spiro atoms. The fourth-order valence-corrected chi connectivity index (χ4v) is 6.63. The van der Waals surface area contributed by atoms with E-state index in [9.17, 15) is 14.4 Å². The molecule has 0 aliphatic rings. The maximum absolute atomic E-state index is 12.7. The zero-order valence-corrected chi connectivity index (χ0v) is 34.6. The Morgan fingerprint density at radius 3 is 0.961 bits per heavy atom. The van der Waals surface area contributed by atoms with Gasteiger partial charge in [-0.2, -0.15) is 0 Å². The molecule has 0 aromatic carbocycles. The topological polar surface area (TPSA) is 78.9 Å². The first-order chi connectivity index (χ1) is 24.9. The Bertz CT molecular complexity index is 766. The van der Waals surface area contributed by atoms with Gasteiger partial charge in [0.2, 0.25) is 0 Å². The van der Waals surface area contributed by atoms with Crippen molar-refractivity contribution in [2.45, 2.75) is 252 Å². The SMILES string of the molecule is CCCCCCCCCCCCCCCCCCCC(=O)O[C@H](COC(=O)CCCCCCC)COC(=O)CCCCCCCCCCC(C)C. The van der Waals surface area contributed by atoms with Crippen molar-refractivity contribution < 1.29 is 28.6 Å². The van der Waals surface area contributed by atoms with Crippen molar-refractivity contribution in [3.8, 4) is 0 Å². The van der Waals surface area contributed by atoms with Crippen LogP contribution in [-0.2, 0) is 28.6 Å². The lowest BCUT2D eigenvalue weighted by atomic mass is 10.0. The molecule has 302 valence electrons. The minimum absolute atomic E-state index is 0.0657. The van der Waals surface area contributed by atoms with E-state index in [0.29, 0.717) is 19.3 Å². The van der Waals surface area contributed by atoms with Crippen molar-refractivity contribution >= 4 is 17.9 Å². The highest BCUT2D eigenvalue weighted by Gasteiger charge is 2.19. The third-order valence-electron chi connectivity index (χ3n) is 10.0. The summed E-state index contributed by atoms with van der Waals surface area (Å²) in [5, 5.41) is 0. The van der Waals surface area contributed by atoms with E-state index in [2.05, 4.69) is 27.7 Å². The average Bonchev–Trinajstić information content (AvgIpc) is 3.11. The summed E-state index contributed by atoms with van der Waals surface area (Å²) in [6.07, 6.45) is 38.4. The summed E-state index contributed by atoms with van der Waals surface area (Å²) in [5.41, 5.74) is 0. The van der Waals surface area contributed by atoms with Gasteiger partial charge in [-0.3, -0.25) is 14.4 Å². The van der Waals surface area contributed by atoms with Crippen LogP contribution in [0.2, 0.25) is 0 Å². The number of rotatable bonds is 40. The minimum Gasteiger partial charge on any atom is -0.462 e. The van der Waals surface area contributed by atoms with Crippen molar-refractivity contribution in [2.24, 2.45) is 5.92 Å². The Labute approximate surface area is 317 Å². The molecule has 0 fully saturated rings. The summed E-state index contributed by atoms with van der Waals surface area (Å²) < 4.78 is 16.6. The number of hydrogen-bond acceptors (Lipinski definition) is 6. The molecule has 0 saturated heterocycles. The zero-order valence-electron chi connectivity index (χ0n) is 34.6. The van der Waals surface area contributed by atoms with Gasteiger partial charge in [-0.05, 0) is 25.2 Å². The third-order valence-corrected chi connectivity index (χ3v) is 10.0. The molecule has 6 nitrogen and oxygen atoms in total. The Morgan fingerprint density at radius 1 is 0.373 bits per heavy atom. The molecule has 0 saturated carbocycles. The number of unbranched alkanes of at least 4 members (excludes halogenated alkanes) is 27. The summed E-state index contributed by atoms with van der Waals surface area (Å²) in [5.74, 6) is -0.0745. The second-order valence-electron chi connectivity index (χ2n) is 15.8. The van der Waals surface area contributed by atoms with E-state index in [0.717, 1.165) is 70.1 Å². The van der Waals surface area contributed by atoms with E-state index in [1.165, 1.54) is 135 Å². The molecule has 0 heterocycles. The van der Waals surface area contributed by atoms with E-state index < -0.39 is 6.10 Å². The van der Waals surface area contributed by atoms with Gasteiger partial charge in [0.15, 0.2) is 6.10 Å².